The van der Waals surface area contributed by atoms with Crippen molar-refractivity contribution >= 4 is 43.3 Å². The third-order valence-corrected chi connectivity index (χ3v) is 8.88. The van der Waals surface area contributed by atoms with Crippen LogP contribution in [-0.4, -0.2) is 59.7 Å². The molecule has 1 N–H and O–H groups in total. The van der Waals surface area contributed by atoms with Gasteiger partial charge in [-0.2, -0.15) is 14.1 Å². The van der Waals surface area contributed by atoms with E-state index in [0.29, 0.717) is 42.8 Å². The molecule has 0 atom stereocenters. The summed E-state index contributed by atoms with van der Waals surface area (Å²) in [5.41, 5.74) is 4.32. The molecule has 2 aromatic carbocycles. The number of amides is 1. The number of fused-ring (bicyclic) bond motifs is 1. The zero-order valence-corrected chi connectivity index (χ0v) is 21.2. The number of anilines is 1. The molecule has 4 aromatic rings. The normalized spacial score (nSPS) is 14.9. The Labute approximate surface area is 207 Å². The van der Waals surface area contributed by atoms with Crippen LogP contribution in [0, 0.1) is 20.8 Å². The Kier molecular flexibility index (Phi) is 6.18. The average molecular weight is 512 g/mol. The summed E-state index contributed by atoms with van der Waals surface area (Å²) in [6.07, 6.45) is 0. The maximum absolute atomic E-state index is 13.0. The maximum atomic E-state index is 13.0. The first kappa shape index (κ1) is 23.6. The number of hydrogen-bond donors (Lipinski definition) is 1. The van der Waals surface area contributed by atoms with Crippen molar-refractivity contribution < 1.29 is 17.9 Å². The highest BCUT2D eigenvalue weighted by Crippen LogP contribution is 2.29. The molecule has 35 heavy (non-hydrogen) atoms. The number of rotatable bonds is 5. The number of carbonyl (C=O) groups excluding carboxylic acids is 1. The average Bonchev–Trinajstić information content (AvgIpc) is 3.42. The first-order valence-corrected chi connectivity index (χ1v) is 13.4. The minimum absolute atomic E-state index is 0.150. The number of nitrogens with one attached hydrogen (secondary N) is 1. The fourth-order valence-electron chi connectivity index (χ4n) is 3.90. The highest BCUT2D eigenvalue weighted by atomic mass is 32.2. The van der Waals surface area contributed by atoms with Gasteiger partial charge in [-0.05, 0) is 68.3 Å². The maximum Gasteiger partial charge on any atom is 0.256 e. The lowest BCUT2D eigenvalue weighted by Gasteiger charge is -2.26. The summed E-state index contributed by atoms with van der Waals surface area (Å²) in [7, 11) is -3.62. The smallest absolute Gasteiger partial charge is 0.256 e. The molecule has 11 heteroatoms. The second-order valence-electron chi connectivity index (χ2n) is 8.48. The van der Waals surface area contributed by atoms with Crippen molar-refractivity contribution in [2.45, 2.75) is 25.7 Å². The van der Waals surface area contributed by atoms with Crippen molar-refractivity contribution in [3.8, 4) is 5.13 Å². The van der Waals surface area contributed by atoms with Gasteiger partial charge in [0.05, 0.1) is 34.0 Å². The van der Waals surface area contributed by atoms with E-state index in [1.165, 1.54) is 51.0 Å². The van der Waals surface area contributed by atoms with Gasteiger partial charge in [0.1, 0.15) is 5.82 Å². The Bertz CT molecular complexity index is 1480. The third-order valence-electron chi connectivity index (χ3n) is 5.97. The number of nitrogens with zero attached hydrogens (tertiary/aromatic N) is 4. The van der Waals surface area contributed by atoms with Gasteiger partial charge >= 0.3 is 0 Å². The van der Waals surface area contributed by atoms with E-state index in [0.717, 1.165) is 15.9 Å². The van der Waals surface area contributed by atoms with E-state index in [2.05, 4.69) is 30.3 Å². The molecule has 0 radical (unpaired) electrons. The fourth-order valence-corrected chi connectivity index (χ4v) is 6.31. The number of sulfonamides is 1. The Balaban J connectivity index is 1.38. The van der Waals surface area contributed by atoms with Gasteiger partial charge in [0.15, 0.2) is 0 Å². The van der Waals surface area contributed by atoms with Crippen LogP contribution in [-0.2, 0) is 14.8 Å². The molecular formula is C24H25N5O4S2. The van der Waals surface area contributed by atoms with Crippen LogP contribution >= 0.6 is 11.3 Å². The van der Waals surface area contributed by atoms with E-state index >= 15 is 0 Å². The monoisotopic (exact) mass is 511 g/mol. The molecule has 0 aliphatic carbocycles. The lowest BCUT2D eigenvalue weighted by atomic mass is 10.1. The quantitative estimate of drug-likeness (QED) is 0.438. The van der Waals surface area contributed by atoms with Crippen LogP contribution in [0.25, 0.3) is 15.3 Å². The number of ether oxygens (including phenoxy) is 1. The number of benzene rings is 2. The van der Waals surface area contributed by atoms with Crippen molar-refractivity contribution in [2.75, 3.05) is 31.6 Å². The first-order valence-electron chi connectivity index (χ1n) is 11.2. The van der Waals surface area contributed by atoms with Crippen molar-refractivity contribution in [3.63, 3.8) is 0 Å². The van der Waals surface area contributed by atoms with Gasteiger partial charge < -0.3 is 10.1 Å². The topological polar surface area (TPSA) is 106 Å². The Morgan fingerprint density at radius 3 is 2.43 bits per heavy atom. The summed E-state index contributed by atoms with van der Waals surface area (Å²) in [5.74, 6) is 0.124. The van der Waals surface area contributed by atoms with E-state index in [1.54, 1.807) is 10.7 Å². The predicted octanol–water partition coefficient (Wildman–Crippen LogP) is 3.68. The molecule has 1 saturated heterocycles. The van der Waals surface area contributed by atoms with Crippen molar-refractivity contribution in [2.24, 2.45) is 0 Å². The molecular weight excluding hydrogens is 486 g/mol. The van der Waals surface area contributed by atoms with Gasteiger partial charge in [0, 0.05) is 24.7 Å². The van der Waals surface area contributed by atoms with Crippen molar-refractivity contribution in [1.29, 1.82) is 0 Å². The number of morpholine rings is 1. The van der Waals surface area contributed by atoms with Crippen LogP contribution in [0.3, 0.4) is 0 Å². The molecule has 2 aromatic heterocycles. The molecule has 5 rings (SSSR count). The Hall–Kier alpha value is -3.12. The van der Waals surface area contributed by atoms with E-state index in [1.807, 2.05) is 13.0 Å². The summed E-state index contributed by atoms with van der Waals surface area (Å²) < 4.78 is 35.0. The minimum Gasteiger partial charge on any atom is -0.379 e. The molecule has 9 nitrogen and oxygen atoms in total. The van der Waals surface area contributed by atoms with Crippen molar-refractivity contribution in [3.05, 3.63) is 64.8 Å². The summed E-state index contributed by atoms with van der Waals surface area (Å²) in [6, 6.07) is 11.9. The largest absolute Gasteiger partial charge is 0.379 e. The molecule has 1 fully saturated rings. The zero-order chi connectivity index (χ0) is 24.7. The molecule has 0 bridgehead atoms. The number of aryl methyl sites for hydroxylation is 3. The predicted molar refractivity (Wildman–Crippen MR) is 135 cm³/mol. The van der Waals surface area contributed by atoms with Crippen LogP contribution in [0.5, 0.6) is 0 Å². The number of thiazole rings is 1. The third kappa shape index (κ3) is 4.59. The minimum atomic E-state index is -3.62. The van der Waals surface area contributed by atoms with E-state index < -0.39 is 10.0 Å². The summed E-state index contributed by atoms with van der Waals surface area (Å²) in [4.78, 5) is 17.8. The summed E-state index contributed by atoms with van der Waals surface area (Å²) in [5, 5.41) is 8.06. The number of aromatic nitrogens is 3. The van der Waals surface area contributed by atoms with Gasteiger partial charge in [-0.1, -0.05) is 11.3 Å². The number of carbonyl (C=O) groups is 1. The van der Waals surface area contributed by atoms with Crippen LogP contribution in [0.2, 0.25) is 0 Å². The Morgan fingerprint density at radius 1 is 1.03 bits per heavy atom. The highest BCUT2D eigenvalue weighted by molar-refractivity contribution is 7.89. The highest BCUT2D eigenvalue weighted by Gasteiger charge is 2.26. The van der Waals surface area contributed by atoms with Crippen LogP contribution in [0.15, 0.2) is 47.4 Å². The lowest BCUT2D eigenvalue weighted by molar-refractivity contribution is 0.0730. The van der Waals surface area contributed by atoms with E-state index in [9.17, 15) is 13.2 Å². The molecule has 0 unspecified atom stereocenters. The van der Waals surface area contributed by atoms with Gasteiger partial charge in [-0.3, -0.25) is 4.79 Å². The van der Waals surface area contributed by atoms with E-state index in [4.69, 9.17) is 9.72 Å². The molecule has 182 valence electrons. The zero-order valence-electron chi connectivity index (χ0n) is 19.6. The molecule has 1 amide bonds. The Morgan fingerprint density at radius 2 is 1.71 bits per heavy atom. The molecule has 3 heterocycles. The van der Waals surface area contributed by atoms with Gasteiger partial charge in [-0.25, -0.2) is 13.4 Å². The SMILES string of the molecule is Cc1cc(NC(=O)c2ccc(S(=O)(=O)N3CCOCC3)cc2)n(-c2nc3cc(C)c(C)cc3s2)n1. The lowest BCUT2D eigenvalue weighted by Crippen LogP contribution is -2.40. The fraction of sp³-hybridized carbons (Fsp3) is 0.292. The van der Waals surface area contributed by atoms with Crippen LogP contribution in [0.4, 0.5) is 5.82 Å². The summed E-state index contributed by atoms with van der Waals surface area (Å²) >= 11 is 1.50. The molecule has 1 aliphatic heterocycles. The van der Waals surface area contributed by atoms with Crippen LogP contribution in [0.1, 0.15) is 27.2 Å². The standard InChI is InChI=1S/C24H25N5O4S2/c1-15-12-20-21(13-16(15)2)34-24(25-20)29-22(14-17(3)27-29)26-23(30)18-4-6-19(7-5-18)35(31,32)28-8-10-33-11-9-28/h4-7,12-14H,8-11H2,1-3H3,(H,26,30). The molecule has 0 spiro atoms. The van der Waals surface area contributed by atoms with Gasteiger partial charge in [0.2, 0.25) is 15.2 Å². The molecule has 1 aliphatic rings. The molecule has 0 saturated carbocycles. The number of hydrogen-bond acceptors (Lipinski definition) is 7. The van der Waals surface area contributed by atoms with Gasteiger partial charge in [0.25, 0.3) is 5.91 Å². The second-order valence-corrected chi connectivity index (χ2v) is 11.4. The first-order chi connectivity index (χ1) is 16.7. The van der Waals surface area contributed by atoms with E-state index in [-0.39, 0.29) is 10.8 Å². The van der Waals surface area contributed by atoms with Gasteiger partial charge in [-0.15, -0.1) is 0 Å². The second kappa shape index (κ2) is 9.15. The summed E-state index contributed by atoms with van der Waals surface area (Å²) in [6.45, 7) is 7.35. The van der Waals surface area contributed by atoms with Crippen molar-refractivity contribution in [1.82, 2.24) is 19.1 Å². The van der Waals surface area contributed by atoms with Crippen LogP contribution < -0.4 is 5.32 Å².